The van der Waals surface area contributed by atoms with Crippen molar-refractivity contribution in [2.75, 3.05) is 0 Å². The van der Waals surface area contributed by atoms with Crippen LogP contribution in [0.2, 0.25) is 0 Å². The summed E-state index contributed by atoms with van der Waals surface area (Å²) in [6.45, 7) is 11.9. The van der Waals surface area contributed by atoms with Gasteiger partial charge in [0.25, 0.3) is 0 Å². The van der Waals surface area contributed by atoms with E-state index in [4.69, 9.17) is 0 Å². The molecule has 1 rings (SSSR count). The second kappa shape index (κ2) is 3.16. The van der Waals surface area contributed by atoms with Gasteiger partial charge in [-0.2, -0.15) is 0 Å². The molecule has 1 aliphatic rings. The SMILES string of the molecule is CCC(C)C1C(C)C1C(C)C. The molecule has 0 amide bonds. The van der Waals surface area contributed by atoms with Crippen LogP contribution in [-0.4, -0.2) is 0 Å². The molecule has 0 saturated heterocycles. The fraction of sp³-hybridized carbons (Fsp3) is 1.00. The normalized spacial score (nSPS) is 39.3. The third-order valence-electron chi connectivity index (χ3n) is 3.59. The second-order valence-electron chi connectivity index (χ2n) is 4.64. The Bertz CT molecular complexity index is 126. The van der Waals surface area contributed by atoms with Gasteiger partial charge in [-0.05, 0) is 29.6 Å². The Morgan fingerprint density at radius 3 is 1.91 bits per heavy atom. The van der Waals surface area contributed by atoms with Crippen molar-refractivity contribution in [1.82, 2.24) is 0 Å². The molecule has 0 aliphatic heterocycles. The molecule has 11 heavy (non-hydrogen) atoms. The third-order valence-corrected chi connectivity index (χ3v) is 3.59. The van der Waals surface area contributed by atoms with E-state index in [1.165, 1.54) is 6.42 Å². The van der Waals surface area contributed by atoms with E-state index >= 15 is 0 Å². The fourth-order valence-corrected chi connectivity index (χ4v) is 2.75. The van der Waals surface area contributed by atoms with Gasteiger partial charge >= 0.3 is 0 Å². The van der Waals surface area contributed by atoms with Crippen molar-refractivity contribution in [3.05, 3.63) is 0 Å². The first-order valence-corrected chi connectivity index (χ1v) is 5.09. The van der Waals surface area contributed by atoms with Crippen LogP contribution < -0.4 is 0 Å². The summed E-state index contributed by atoms with van der Waals surface area (Å²) in [6.07, 6.45) is 1.36. The lowest BCUT2D eigenvalue weighted by molar-refractivity contribution is 0.414. The Balaban J connectivity index is 2.41. The molecule has 4 atom stereocenters. The highest BCUT2D eigenvalue weighted by molar-refractivity contribution is 4.97. The minimum Gasteiger partial charge on any atom is -0.0651 e. The lowest BCUT2D eigenvalue weighted by Gasteiger charge is -2.08. The first kappa shape index (κ1) is 9.09. The monoisotopic (exact) mass is 154 g/mol. The standard InChI is InChI=1S/C11H22/c1-6-8(4)11-9(5)10(11)7(2)3/h7-11H,6H2,1-5H3. The van der Waals surface area contributed by atoms with Crippen molar-refractivity contribution in [3.8, 4) is 0 Å². The summed E-state index contributed by atoms with van der Waals surface area (Å²) in [5.74, 6) is 4.94. The minimum absolute atomic E-state index is 0.906. The van der Waals surface area contributed by atoms with Gasteiger partial charge in [-0.3, -0.25) is 0 Å². The Morgan fingerprint density at radius 2 is 1.64 bits per heavy atom. The van der Waals surface area contributed by atoms with E-state index in [2.05, 4.69) is 34.6 Å². The molecular weight excluding hydrogens is 132 g/mol. The third kappa shape index (κ3) is 1.60. The van der Waals surface area contributed by atoms with E-state index in [9.17, 15) is 0 Å². The first-order valence-electron chi connectivity index (χ1n) is 5.09. The molecule has 0 aromatic heterocycles. The van der Waals surface area contributed by atoms with Crippen molar-refractivity contribution in [2.24, 2.45) is 29.6 Å². The van der Waals surface area contributed by atoms with E-state index in [1.54, 1.807) is 0 Å². The zero-order valence-corrected chi connectivity index (χ0v) is 8.59. The molecule has 0 bridgehead atoms. The van der Waals surface area contributed by atoms with Crippen LogP contribution in [0.3, 0.4) is 0 Å². The van der Waals surface area contributed by atoms with Crippen LogP contribution in [0, 0.1) is 29.6 Å². The maximum Gasteiger partial charge on any atom is -0.0326 e. The molecule has 1 saturated carbocycles. The van der Waals surface area contributed by atoms with E-state index in [1.807, 2.05) is 0 Å². The number of hydrogen-bond acceptors (Lipinski definition) is 0. The number of hydrogen-bond donors (Lipinski definition) is 0. The highest BCUT2D eigenvalue weighted by Crippen LogP contribution is 2.55. The summed E-state index contributed by atoms with van der Waals surface area (Å²) in [6, 6.07) is 0. The van der Waals surface area contributed by atoms with Crippen molar-refractivity contribution in [2.45, 2.75) is 41.0 Å². The van der Waals surface area contributed by atoms with Gasteiger partial charge in [-0.1, -0.05) is 41.0 Å². The Hall–Kier alpha value is 0. The fourth-order valence-electron chi connectivity index (χ4n) is 2.75. The maximum absolute atomic E-state index is 2.42. The van der Waals surface area contributed by atoms with Crippen LogP contribution in [0.15, 0.2) is 0 Å². The summed E-state index contributed by atoms with van der Waals surface area (Å²) in [4.78, 5) is 0. The van der Waals surface area contributed by atoms with Gasteiger partial charge in [0, 0.05) is 0 Å². The van der Waals surface area contributed by atoms with Crippen molar-refractivity contribution >= 4 is 0 Å². The smallest absolute Gasteiger partial charge is 0.0326 e. The molecule has 1 aliphatic carbocycles. The number of rotatable bonds is 3. The van der Waals surface area contributed by atoms with Crippen LogP contribution in [0.1, 0.15) is 41.0 Å². The molecule has 0 spiro atoms. The van der Waals surface area contributed by atoms with Gasteiger partial charge in [-0.25, -0.2) is 0 Å². The summed E-state index contributed by atoms with van der Waals surface area (Å²) in [5, 5.41) is 0. The molecule has 0 N–H and O–H groups in total. The average molecular weight is 154 g/mol. The van der Waals surface area contributed by atoms with E-state index in [0.29, 0.717) is 0 Å². The van der Waals surface area contributed by atoms with Gasteiger partial charge in [0.15, 0.2) is 0 Å². The minimum atomic E-state index is 0.906. The van der Waals surface area contributed by atoms with Gasteiger partial charge < -0.3 is 0 Å². The highest BCUT2D eigenvalue weighted by atomic mass is 14.5. The van der Waals surface area contributed by atoms with Crippen LogP contribution in [0.4, 0.5) is 0 Å². The maximum atomic E-state index is 2.42. The summed E-state index contributed by atoms with van der Waals surface area (Å²) in [5.41, 5.74) is 0. The second-order valence-corrected chi connectivity index (χ2v) is 4.64. The molecule has 4 unspecified atom stereocenters. The predicted molar refractivity (Wildman–Crippen MR) is 50.4 cm³/mol. The van der Waals surface area contributed by atoms with Gasteiger partial charge in [0.2, 0.25) is 0 Å². The molecule has 66 valence electrons. The van der Waals surface area contributed by atoms with Crippen LogP contribution in [0.25, 0.3) is 0 Å². The van der Waals surface area contributed by atoms with E-state index in [-0.39, 0.29) is 0 Å². The molecule has 1 fully saturated rings. The molecule has 0 aromatic carbocycles. The topological polar surface area (TPSA) is 0 Å². The molecule has 0 heteroatoms. The van der Waals surface area contributed by atoms with Gasteiger partial charge in [-0.15, -0.1) is 0 Å². The van der Waals surface area contributed by atoms with Crippen LogP contribution in [0.5, 0.6) is 0 Å². The molecule has 0 heterocycles. The molecule has 0 nitrogen and oxygen atoms in total. The zero-order valence-electron chi connectivity index (χ0n) is 8.59. The zero-order chi connectivity index (χ0) is 8.59. The Morgan fingerprint density at radius 1 is 1.09 bits per heavy atom. The average Bonchev–Trinajstić information content (AvgIpc) is 2.60. The summed E-state index contributed by atoms with van der Waals surface area (Å²) in [7, 11) is 0. The Kier molecular flexibility index (Phi) is 2.61. The predicted octanol–water partition coefficient (Wildman–Crippen LogP) is 3.57. The Labute approximate surface area is 71.4 Å². The first-order chi connectivity index (χ1) is 5.09. The largest absolute Gasteiger partial charge is 0.0651 e. The van der Waals surface area contributed by atoms with Crippen molar-refractivity contribution < 1.29 is 0 Å². The van der Waals surface area contributed by atoms with Crippen molar-refractivity contribution in [3.63, 3.8) is 0 Å². The van der Waals surface area contributed by atoms with Gasteiger partial charge in [0.05, 0.1) is 0 Å². The molecular formula is C11H22. The molecule has 0 radical (unpaired) electrons. The van der Waals surface area contributed by atoms with Crippen molar-refractivity contribution in [1.29, 1.82) is 0 Å². The van der Waals surface area contributed by atoms with E-state index in [0.717, 1.165) is 29.6 Å². The van der Waals surface area contributed by atoms with Gasteiger partial charge in [0.1, 0.15) is 0 Å². The van der Waals surface area contributed by atoms with Crippen LogP contribution in [-0.2, 0) is 0 Å². The lowest BCUT2D eigenvalue weighted by atomic mass is 9.97. The highest BCUT2D eigenvalue weighted by Gasteiger charge is 2.49. The summed E-state index contributed by atoms with van der Waals surface area (Å²) >= 11 is 0. The summed E-state index contributed by atoms with van der Waals surface area (Å²) < 4.78 is 0. The van der Waals surface area contributed by atoms with E-state index < -0.39 is 0 Å². The lowest BCUT2D eigenvalue weighted by Crippen LogP contribution is -2.00. The molecule has 0 aromatic rings. The quantitative estimate of drug-likeness (QED) is 0.583. The van der Waals surface area contributed by atoms with Crippen LogP contribution >= 0.6 is 0 Å².